The van der Waals surface area contributed by atoms with E-state index >= 15 is 0 Å². The van der Waals surface area contributed by atoms with E-state index in [0.717, 1.165) is 11.1 Å². The summed E-state index contributed by atoms with van der Waals surface area (Å²) in [5.41, 5.74) is 2.45. The molecule has 0 aliphatic rings. The van der Waals surface area contributed by atoms with Gasteiger partial charge in [-0.15, -0.1) is 0 Å². The van der Waals surface area contributed by atoms with Crippen LogP contribution in [0.25, 0.3) is 0 Å². The minimum atomic E-state index is -1.23. The Morgan fingerprint density at radius 2 is 1.95 bits per heavy atom. The van der Waals surface area contributed by atoms with Crippen LogP contribution in [0.5, 0.6) is 0 Å². The first-order valence-corrected chi connectivity index (χ1v) is 6.06. The highest BCUT2D eigenvalue weighted by Crippen LogP contribution is 2.17. The number of anilines is 1. The molecule has 1 aromatic carbocycles. The number of carbonyl (C=O) groups is 2. The molecular formula is C15H14N2O3. The number of hydrogen-bond acceptors (Lipinski definition) is 3. The number of pyridine rings is 1. The molecular weight excluding hydrogens is 256 g/mol. The molecule has 2 aromatic rings. The Hall–Kier alpha value is -2.69. The van der Waals surface area contributed by atoms with Crippen molar-refractivity contribution in [3.63, 3.8) is 0 Å². The number of carbonyl (C=O) groups excluding carboxylic acids is 1. The molecule has 0 spiro atoms. The topological polar surface area (TPSA) is 79.3 Å². The molecule has 0 radical (unpaired) electrons. The van der Waals surface area contributed by atoms with E-state index in [1.54, 1.807) is 6.07 Å². The average molecular weight is 270 g/mol. The van der Waals surface area contributed by atoms with Gasteiger partial charge in [0, 0.05) is 11.9 Å². The van der Waals surface area contributed by atoms with Crippen molar-refractivity contribution < 1.29 is 14.7 Å². The van der Waals surface area contributed by atoms with Crippen molar-refractivity contribution in [3.8, 4) is 0 Å². The van der Waals surface area contributed by atoms with Gasteiger partial charge in [-0.25, -0.2) is 9.78 Å². The predicted octanol–water partition coefficient (Wildman–Crippen LogP) is 2.65. The second-order valence-corrected chi connectivity index (χ2v) is 4.48. The van der Waals surface area contributed by atoms with Gasteiger partial charge in [0.25, 0.3) is 5.91 Å². The van der Waals surface area contributed by atoms with Gasteiger partial charge < -0.3 is 10.4 Å². The number of nitrogens with one attached hydrogen (secondary N) is 1. The Morgan fingerprint density at radius 3 is 2.60 bits per heavy atom. The van der Waals surface area contributed by atoms with Gasteiger partial charge in [-0.3, -0.25) is 4.79 Å². The van der Waals surface area contributed by atoms with E-state index in [4.69, 9.17) is 5.11 Å². The van der Waals surface area contributed by atoms with E-state index in [0.29, 0.717) is 5.69 Å². The molecule has 0 aliphatic heterocycles. The van der Waals surface area contributed by atoms with Gasteiger partial charge in [0.1, 0.15) is 0 Å². The lowest BCUT2D eigenvalue weighted by molar-refractivity contribution is 0.0686. The Morgan fingerprint density at radius 1 is 1.20 bits per heavy atom. The second-order valence-electron chi connectivity index (χ2n) is 4.48. The Labute approximate surface area is 116 Å². The van der Waals surface area contributed by atoms with Crippen LogP contribution >= 0.6 is 0 Å². The van der Waals surface area contributed by atoms with Crippen LogP contribution < -0.4 is 5.32 Å². The maximum absolute atomic E-state index is 12.2. The predicted molar refractivity (Wildman–Crippen MR) is 75.1 cm³/mol. The minimum Gasteiger partial charge on any atom is -0.476 e. The summed E-state index contributed by atoms with van der Waals surface area (Å²) in [6.07, 6.45) is 1.34. The summed E-state index contributed by atoms with van der Waals surface area (Å²) in [4.78, 5) is 26.9. The van der Waals surface area contributed by atoms with Crippen LogP contribution in [-0.2, 0) is 0 Å². The number of carboxylic acid groups (broad SMARTS) is 1. The number of aryl methyl sites for hydroxylation is 2. The van der Waals surface area contributed by atoms with Gasteiger partial charge in [-0.05, 0) is 37.6 Å². The number of aromatic nitrogens is 1. The fraction of sp³-hybridized carbons (Fsp3) is 0.133. The standard InChI is InChI=1S/C15H14N2O3/c1-9-5-6-12(10(2)8-9)17-14(18)11-4-3-7-16-13(11)15(19)20/h3-8H,1-2H3,(H,17,18)(H,19,20). The first-order chi connectivity index (χ1) is 9.49. The molecule has 0 aliphatic carbocycles. The molecule has 1 amide bonds. The first-order valence-electron chi connectivity index (χ1n) is 6.06. The number of hydrogen-bond donors (Lipinski definition) is 2. The smallest absolute Gasteiger partial charge is 0.355 e. The van der Waals surface area contributed by atoms with Crippen LogP contribution in [0.15, 0.2) is 36.5 Å². The minimum absolute atomic E-state index is 0.0416. The molecule has 2 rings (SSSR count). The van der Waals surface area contributed by atoms with Gasteiger partial charge in [0.05, 0.1) is 5.56 Å². The molecule has 0 bridgehead atoms. The first kappa shape index (κ1) is 13.7. The average Bonchev–Trinajstić information content (AvgIpc) is 2.41. The van der Waals surface area contributed by atoms with E-state index < -0.39 is 11.9 Å². The van der Waals surface area contributed by atoms with Gasteiger partial charge in [0.2, 0.25) is 0 Å². The van der Waals surface area contributed by atoms with Crippen LogP contribution in [0.3, 0.4) is 0 Å². The highest BCUT2D eigenvalue weighted by atomic mass is 16.4. The Balaban J connectivity index is 2.31. The fourth-order valence-electron chi connectivity index (χ4n) is 1.90. The summed E-state index contributed by atoms with van der Waals surface area (Å²) in [6, 6.07) is 8.58. The van der Waals surface area contributed by atoms with E-state index in [2.05, 4.69) is 10.3 Å². The number of benzene rings is 1. The molecule has 0 saturated carbocycles. The molecule has 1 aromatic heterocycles. The third-order valence-corrected chi connectivity index (χ3v) is 2.89. The van der Waals surface area contributed by atoms with Crippen molar-refractivity contribution in [1.82, 2.24) is 4.98 Å². The summed E-state index contributed by atoms with van der Waals surface area (Å²) in [5, 5.41) is 11.7. The largest absolute Gasteiger partial charge is 0.476 e. The van der Waals surface area contributed by atoms with Crippen LogP contribution in [-0.4, -0.2) is 22.0 Å². The van der Waals surface area contributed by atoms with Crippen LogP contribution in [0.1, 0.15) is 32.0 Å². The number of aromatic carboxylic acids is 1. The zero-order valence-corrected chi connectivity index (χ0v) is 11.2. The van der Waals surface area contributed by atoms with Crippen molar-refractivity contribution in [2.45, 2.75) is 13.8 Å². The number of rotatable bonds is 3. The third-order valence-electron chi connectivity index (χ3n) is 2.89. The number of amides is 1. The second kappa shape index (κ2) is 5.52. The summed E-state index contributed by atoms with van der Waals surface area (Å²) in [6.45, 7) is 3.84. The van der Waals surface area contributed by atoms with E-state index in [1.807, 2.05) is 26.0 Å². The van der Waals surface area contributed by atoms with Gasteiger partial charge in [0.15, 0.2) is 5.69 Å². The maximum Gasteiger partial charge on any atom is 0.355 e. The number of carboxylic acids is 1. The SMILES string of the molecule is Cc1ccc(NC(=O)c2cccnc2C(=O)O)c(C)c1. The maximum atomic E-state index is 12.2. The zero-order valence-electron chi connectivity index (χ0n) is 11.2. The van der Waals surface area contributed by atoms with E-state index in [1.165, 1.54) is 18.3 Å². The molecule has 20 heavy (non-hydrogen) atoms. The van der Waals surface area contributed by atoms with E-state index in [9.17, 15) is 9.59 Å². The summed E-state index contributed by atoms with van der Waals surface area (Å²) in [7, 11) is 0. The van der Waals surface area contributed by atoms with Crippen molar-refractivity contribution >= 4 is 17.6 Å². The molecule has 0 atom stereocenters. The van der Waals surface area contributed by atoms with Gasteiger partial charge in [-0.2, -0.15) is 0 Å². The highest BCUT2D eigenvalue weighted by molar-refractivity contribution is 6.10. The van der Waals surface area contributed by atoms with Crippen LogP contribution in [0.4, 0.5) is 5.69 Å². The highest BCUT2D eigenvalue weighted by Gasteiger charge is 2.17. The van der Waals surface area contributed by atoms with Crippen molar-refractivity contribution in [2.24, 2.45) is 0 Å². The molecule has 0 unspecified atom stereocenters. The van der Waals surface area contributed by atoms with Gasteiger partial charge >= 0.3 is 5.97 Å². The quantitative estimate of drug-likeness (QED) is 0.898. The Kier molecular flexibility index (Phi) is 3.79. The summed E-state index contributed by atoms with van der Waals surface area (Å²) in [5.74, 6) is -1.71. The van der Waals surface area contributed by atoms with Crippen molar-refractivity contribution in [3.05, 3.63) is 58.9 Å². The lowest BCUT2D eigenvalue weighted by atomic mass is 10.1. The van der Waals surface area contributed by atoms with E-state index in [-0.39, 0.29) is 11.3 Å². The van der Waals surface area contributed by atoms with Crippen molar-refractivity contribution in [1.29, 1.82) is 0 Å². The van der Waals surface area contributed by atoms with Crippen LogP contribution in [0.2, 0.25) is 0 Å². The molecule has 1 heterocycles. The Bertz CT molecular complexity index is 681. The normalized spacial score (nSPS) is 10.1. The molecule has 0 saturated heterocycles. The lowest BCUT2D eigenvalue weighted by Crippen LogP contribution is -2.18. The molecule has 102 valence electrons. The van der Waals surface area contributed by atoms with Gasteiger partial charge in [-0.1, -0.05) is 17.7 Å². The monoisotopic (exact) mass is 270 g/mol. The van der Waals surface area contributed by atoms with Crippen molar-refractivity contribution in [2.75, 3.05) is 5.32 Å². The lowest BCUT2D eigenvalue weighted by Gasteiger charge is -2.10. The summed E-state index contributed by atoms with van der Waals surface area (Å²) < 4.78 is 0. The molecule has 5 heteroatoms. The molecule has 0 fully saturated rings. The molecule has 5 nitrogen and oxygen atoms in total. The zero-order chi connectivity index (χ0) is 14.7. The molecule has 2 N–H and O–H groups in total. The van der Waals surface area contributed by atoms with Crippen LogP contribution in [0, 0.1) is 13.8 Å². The number of nitrogens with zero attached hydrogens (tertiary/aromatic N) is 1. The summed E-state index contributed by atoms with van der Waals surface area (Å²) >= 11 is 0. The third kappa shape index (κ3) is 2.83. The fourth-order valence-corrected chi connectivity index (χ4v) is 1.90.